The Morgan fingerprint density at radius 1 is 1.20 bits per heavy atom. The number of hydrogen-bond donors (Lipinski definition) is 1. The van der Waals surface area contributed by atoms with Gasteiger partial charge in [-0.15, -0.1) is 12.4 Å². The molecule has 1 aromatic carbocycles. The molecule has 2 aliphatic heterocycles. The third kappa shape index (κ3) is 5.87. The molecule has 0 unspecified atom stereocenters. The van der Waals surface area contributed by atoms with Gasteiger partial charge in [-0.2, -0.15) is 0 Å². The zero-order chi connectivity index (χ0) is 16.8. The lowest BCUT2D eigenvalue weighted by atomic mass is 9.92. The minimum absolute atomic E-state index is 0. The summed E-state index contributed by atoms with van der Waals surface area (Å²) in [6.07, 6.45) is 1.96. The molecule has 2 aliphatic rings. The number of piperidine rings is 1. The number of benzene rings is 1. The summed E-state index contributed by atoms with van der Waals surface area (Å²) in [5.74, 6) is 1.50. The maximum absolute atomic E-state index is 12.7. The lowest BCUT2D eigenvalue weighted by molar-refractivity contribution is -0.138. The molecular formula is C19H30ClN3O2. The van der Waals surface area contributed by atoms with E-state index in [-0.39, 0.29) is 18.3 Å². The summed E-state index contributed by atoms with van der Waals surface area (Å²) in [5, 5.41) is 3.42. The molecule has 0 saturated carbocycles. The van der Waals surface area contributed by atoms with Crippen LogP contribution in [0.5, 0.6) is 5.75 Å². The molecule has 1 amide bonds. The van der Waals surface area contributed by atoms with Crippen LogP contribution in [-0.4, -0.2) is 67.6 Å². The lowest BCUT2D eigenvalue weighted by Gasteiger charge is -2.38. The standard InChI is InChI=1S/C19H29N3O2.ClH/c1-16-15-17(7-8-20-16)19(23)22-11-9-21(10-12-22)13-14-24-18-5-3-2-4-6-18;/h2-6,16-17,20H,7-15H2,1H3;1H/t16-,17-;/m0./s1. The van der Waals surface area contributed by atoms with Gasteiger partial charge in [0.15, 0.2) is 0 Å². The zero-order valence-corrected chi connectivity index (χ0v) is 15.8. The fourth-order valence-corrected chi connectivity index (χ4v) is 3.62. The van der Waals surface area contributed by atoms with Gasteiger partial charge in [0.2, 0.25) is 5.91 Å². The number of amides is 1. The largest absolute Gasteiger partial charge is 0.492 e. The number of para-hydroxylation sites is 1. The molecule has 1 aromatic rings. The molecule has 6 heteroatoms. The van der Waals surface area contributed by atoms with Crippen LogP contribution in [0, 0.1) is 5.92 Å². The van der Waals surface area contributed by atoms with Gasteiger partial charge < -0.3 is 15.0 Å². The van der Waals surface area contributed by atoms with E-state index in [9.17, 15) is 4.79 Å². The predicted octanol–water partition coefficient (Wildman–Crippen LogP) is 2.02. The summed E-state index contributed by atoms with van der Waals surface area (Å²) in [4.78, 5) is 17.1. The van der Waals surface area contributed by atoms with E-state index < -0.39 is 0 Å². The molecule has 2 fully saturated rings. The van der Waals surface area contributed by atoms with Crippen molar-refractivity contribution in [1.29, 1.82) is 0 Å². The highest BCUT2D eigenvalue weighted by atomic mass is 35.5. The second kappa shape index (κ2) is 10.00. The van der Waals surface area contributed by atoms with E-state index in [0.29, 0.717) is 18.6 Å². The van der Waals surface area contributed by atoms with Crippen LogP contribution in [-0.2, 0) is 4.79 Å². The van der Waals surface area contributed by atoms with Crippen molar-refractivity contribution in [3.8, 4) is 5.75 Å². The van der Waals surface area contributed by atoms with Crippen LogP contribution < -0.4 is 10.1 Å². The Bertz CT molecular complexity index is 521. The highest BCUT2D eigenvalue weighted by molar-refractivity contribution is 5.85. The average molecular weight is 368 g/mol. The normalized spacial score (nSPS) is 24.4. The molecule has 2 atom stereocenters. The molecule has 25 heavy (non-hydrogen) atoms. The lowest BCUT2D eigenvalue weighted by Crippen LogP contribution is -2.52. The Labute approximate surface area is 157 Å². The quantitative estimate of drug-likeness (QED) is 0.864. The maximum Gasteiger partial charge on any atom is 0.225 e. The zero-order valence-electron chi connectivity index (χ0n) is 15.0. The molecule has 2 saturated heterocycles. The summed E-state index contributed by atoms with van der Waals surface area (Å²) in [6.45, 7) is 8.35. The van der Waals surface area contributed by atoms with Crippen LogP contribution in [0.4, 0.5) is 0 Å². The van der Waals surface area contributed by atoms with Gasteiger partial charge >= 0.3 is 0 Å². The molecule has 0 radical (unpaired) electrons. The number of ether oxygens (including phenoxy) is 1. The summed E-state index contributed by atoms with van der Waals surface area (Å²) in [7, 11) is 0. The van der Waals surface area contributed by atoms with E-state index in [0.717, 1.165) is 57.9 Å². The molecule has 0 bridgehead atoms. The van der Waals surface area contributed by atoms with Crippen molar-refractivity contribution in [3.63, 3.8) is 0 Å². The van der Waals surface area contributed by atoms with Gasteiger partial charge in [-0.1, -0.05) is 18.2 Å². The van der Waals surface area contributed by atoms with Crippen LogP contribution in [0.2, 0.25) is 0 Å². The second-order valence-electron chi connectivity index (χ2n) is 6.90. The van der Waals surface area contributed by atoms with E-state index in [1.54, 1.807) is 0 Å². The predicted molar refractivity (Wildman–Crippen MR) is 102 cm³/mol. The minimum Gasteiger partial charge on any atom is -0.492 e. The first-order valence-electron chi connectivity index (χ1n) is 9.15. The molecule has 1 N–H and O–H groups in total. The Morgan fingerprint density at radius 2 is 1.92 bits per heavy atom. The van der Waals surface area contributed by atoms with E-state index >= 15 is 0 Å². The van der Waals surface area contributed by atoms with E-state index in [2.05, 4.69) is 22.0 Å². The number of carbonyl (C=O) groups excluding carboxylic acids is 1. The number of halogens is 1. The molecule has 0 aliphatic carbocycles. The van der Waals surface area contributed by atoms with Crippen molar-refractivity contribution in [1.82, 2.24) is 15.1 Å². The summed E-state index contributed by atoms with van der Waals surface area (Å²) in [6, 6.07) is 10.4. The molecule has 3 rings (SSSR count). The van der Waals surface area contributed by atoms with Gasteiger partial charge in [-0.05, 0) is 38.4 Å². The Kier molecular flexibility index (Phi) is 8.00. The van der Waals surface area contributed by atoms with Crippen LogP contribution in [0.1, 0.15) is 19.8 Å². The molecule has 140 valence electrons. The number of carbonyl (C=O) groups is 1. The van der Waals surface area contributed by atoms with Gasteiger partial charge in [-0.25, -0.2) is 0 Å². The van der Waals surface area contributed by atoms with Crippen LogP contribution in [0.3, 0.4) is 0 Å². The van der Waals surface area contributed by atoms with Crippen molar-refractivity contribution in [2.45, 2.75) is 25.8 Å². The van der Waals surface area contributed by atoms with Gasteiger partial charge in [0.05, 0.1) is 0 Å². The van der Waals surface area contributed by atoms with E-state index in [1.807, 2.05) is 30.3 Å². The Morgan fingerprint density at radius 3 is 2.60 bits per heavy atom. The van der Waals surface area contributed by atoms with Crippen molar-refractivity contribution in [3.05, 3.63) is 30.3 Å². The van der Waals surface area contributed by atoms with Crippen LogP contribution in [0.15, 0.2) is 30.3 Å². The third-order valence-corrected chi connectivity index (χ3v) is 5.08. The first-order chi connectivity index (χ1) is 11.7. The van der Waals surface area contributed by atoms with Crippen molar-refractivity contribution in [2.24, 2.45) is 5.92 Å². The van der Waals surface area contributed by atoms with Gasteiger partial charge in [0, 0.05) is 44.7 Å². The van der Waals surface area contributed by atoms with Crippen LogP contribution in [0.25, 0.3) is 0 Å². The first-order valence-corrected chi connectivity index (χ1v) is 9.15. The number of nitrogens with zero attached hydrogens (tertiary/aromatic N) is 2. The van der Waals surface area contributed by atoms with Gasteiger partial charge in [-0.3, -0.25) is 9.69 Å². The smallest absolute Gasteiger partial charge is 0.225 e. The molecule has 5 nitrogen and oxygen atoms in total. The highest BCUT2D eigenvalue weighted by Crippen LogP contribution is 2.19. The fraction of sp³-hybridized carbons (Fsp3) is 0.632. The Hall–Kier alpha value is -1.30. The maximum atomic E-state index is 12.7. The third-order valence-electron chi connectivity index (χ3n) is 5.08. The van der Waals surface area contributed by atoms with Crippen molar-refractivity contribution >= 4 is 18.3 Å². The minimum atomic E-state index is 0. The Balaban J connectivity index is 0.00000225. The van der Waals surface area contributed by atoms with Gasteiger partial charge in [0.1, 0.15) is 12.4 Å². The second-order valence-corrected chi connectivity index (χ2v) is 6.90. The average Bonchev–Trinajstić information content (AvgIpc) is 2.63. The number of piperazine rings is 1. The van der Waals surface area contributed by atoms with Crippen molar-refractivity contribution < 1.29 is 9.53 Å². The van der Waals surface area contributed by atoms with E-state index in [1.165, 1.54) is 0 Å². The summed E-state index contributed by atoms with van der Waals surface area (Å²) < 4.78 is 5.76. The monoisotopic (exact) mass is 367 g/mol. The highest BCUT2D eigenvalue weighted by Gasteiger charge is 2.30. The number of nitrogens with one attached hydrogen (secondary N) is 1. The van der Waals surface area contributed by atoms with Crippen molar-refractivity contribution in [2.75, 3.05) is 45.9 Å². The molecule has 0 aromatic heterocycles. The summed E-state index contributed by atoms with van der Waals surface area (Å²) in [5.41, 5.74) is 0. The fourth-order valence-electron chi connectivity index (χ4n) is 3.62. The first kappa shape index (κ1) is 20.0. The SMILES string of the molecule is C[C@H]1C[C@@H](C(=O)N2CCN(CCOc3ccccc3)CC2)CCN1.Cl. The topological polar surface area (TPSA) is 44.8 Å². The van der Waals surface area contributed by atoms with Gasteiger partial charge in [0.25, 0.3) is 0 Å². The molecule has 0 spiro atoms. The summed E-state index contributed by atoms with van der Waals surface area (Å²) >= 11 is 0. The number of hydrogen-bond acceptors (Lipinski definition) is 4. The van der Waals surface area contributed by atoms with E-state index in [4.69, 9.17) is 4.74 Å². The van der Waals surface area contributed by atoms with Crippen LogP contribution >= 0.6 is 12.4 Å². The molecule has 2 heterocycles. The number of rotatable bonds is 5. The molecular weight excluding hydrogens is 338 g/mol.